The number of aromatic nitrogens is 3. The number of nitrogens with zero attached hydrogens (tertiary/aromatic N) is 5. The number of hydrogen-bond donors (Lipinski definition) is 2. The number of aryl methyl sites for hydroxylation is 2. The van der Waals surface area contributed by atoms with Crippen molar-refractivity contribution in [2.75, 3.05) is 36.8 Å². The predicted octanol–water partition coefficient (Wildman–Crippen LogP) is 6.93. The van der Waals surface area contributed by atoms with Crippen LogP contribution in [0.5, 0.6) is 0 Å². The molecule has 0 saturated heterocycles. The fourth-order valence-corrected chi connectivity index (χ4v) is 5.50. The summed E-state index contributed by atoms with van der Waals surface area (Å²) < 4.78 is 1.67. The Balaban J connectivity index is 1.60. The van der Waals surface area contributed by atoms with Gasteiger partial charge < -0.3 is 15.5 Å². The Morgan fingerprint density at radius 3 is 2.59 bits per heavy atom. The fourth-order valence-electron chi connectivity index (χ4n) is 5.27. The van der Waals surface area contributed by atoms with Gasteiger partial charge >= 0.3 is 0 Å². The highest BCUT2D eigenvalue weighted by Crippen LogP contribution is 2.27. The second kappa shape index (κ2) is 16.7. The molecule has 46 heavy (non-hydrogen) atoms. The Kier molecular flexibility index (Phi) is 12.5. The van der Waals surface area contributed by atoms with Crippen molar-refractivity contribution in [3.05, 3.63) is 93.4 Å². The molecular weight excluding hydrogens is 598 g/mol. The predicted molar refractivity (Wildman–Crippen MR) is 187 cm³/mol. The third kappa shape index (κ3) is 9.03. The van der Waals surface area contributed by atoms with Crippen molar-refractivity contribution in [3.8, 4) is 17.2 Å². The van der Waals surface area contributed by atoms with Gasteiger partial charge in [0.05, 0.1) is 0 Å². The number of fused-ring (bicyclic) bond motifs is 1. The molecule has 0 bridgehead atoms. The van der Waals surface area contributed by atoms with Gasteiger partial charge in [0.2, 0.25) is 5.95 Å². The first-order valence-corrected chi connectivity index (χ1v) is 16.3. The van der Waals surface area contributed by atoms with Gasteiger partial charge in [-0.1, -0.05) is 75.7 Å². The first kappa shape index (κ1) is 34.4. The molecule has 2 aromatic heterocycles. The molecular formula is C36H42ClN7O2. The second-order valence-corrected chi connectivity index (χ2v) is 11.9. The smallest absolute Gasteiger partial charge is 0.265 e. The zero-order valence-electron chi connectivity index (χ0n) is 27.0. The Morgan fingerprint density at radius 1 is 1.09 bits per heavy atom. The quantitative estimate of drug-likeness (QED) is 0.0823. The molecule has 1 amide bonds. The fraction of sp³-hybridized carbons (Fsp3) is 0.361. The van der Waals surface area contributed by atoms with Crippen LogP contribution in [0.15, 0.2) is 77.2 Å². The van der Waals surface area contributed by atoms with Gasteiger partial charge in [0, 0.05) is 46.5 Å². The highest BCUT2D eigenvalue weighted by atomic mass is 35.5. The topological polar surface area (TPSA) is 116 Å². The molecule has 240 valence electrons. The summed E-state index contributed by atoms with van der Waals surface area (Å²) in [6.07, 6.45) is 5.92. The van der Waals surface area contributed by atoms with Gasteiger partial charge in [-0.25, -0.2) is 4.98 Å². The summed E-state index contributed by atoms with van der Waals surface area (Å²) in [7, 11) is 0. The van der Waals surface area contributed by atoms with Crippen LogP contribution in [-0.4, -0.2) is 51.5 Å². The lowest BCUT2D eigenvalue weighted by molar-refractivity contribution is -0.112. The SMILES string of the molecule is CCN(CC)CCCCNc1ncc2cc(-c3ccccc3Cl)c(=O)n(CCc3cccc(NC(=O)/C(C#N)=C/C(C)C)c3)c2n1. The number of unbranched alkanes of at least 4 members (excludes halogenated alkanes) is 1. The van der Waals surface area contributed by atoms with E-state index < -0.39 is 5.91 Å². The van der Waals surface area contributed by atoms with Gasteiger partial charge in [-0.05, 0) is 74.6 Å². The Hall–Kier alpha value is -4.52. The molecule has 4 rings (SSSR count). The highest BCUT2D eigenvalue weighted by Gasteiger charge is 2.16. The normalized spacial score (nSPS) is 11.7. The summed E-state index contributed by atoms with van der Waals surface area (Å²) >= 11 is 6.52. The molecule has 2 heterocycles. The van der Waals surface area contributed by atoms with Gasteiger partial charge in [0.25, 0.3) is 11.5 Å². The standard InChI is InChI=1S/C36H42ClN7O2/c1-5-43(6-2)18-10-9-17-39-36-40-24-28-22-31(30-14-7-8-15-32(30)37)35(46)44(33(28)42-36)19-16-26-12-11-13-29(21-26)41-34(45)27(23-38)20-25(3)4/h7-8,11-15,20-22,24-25H,5-6,9-10,16-19H2,1-4H3,(H,41,45)(H,39,40,42)/b27-20+. The van der Waals surface area contributed by atoms with Gasteiger partial charge in [-0.3, -0.25) is 14.2 Å². The summed E-state index contributed by atoms with van der Waals surface area (Å²) in [5.74, 6) is 0.0905. The maximum absolute atomic E-state index is 14.0. The van der Waals surface area contributed by atoms with E-state index in [4.69, 9.17) is 16.6 Å². The number of anilines is 2. The van der Waals surface area contributed by atoms with Crippen molar-refractivity contribution < 1.29 is 4.79 Å². The molecule has 2 aromatic carbocycles. The molecule has 0 unspecified atom stereocenters. The van der Waals surface area contributed by atoms with Crippen molar-refractivity contribution in [2.24, 2.45) is 5.92 Å². The van der Waals surface area contributed by atoms with Crippen LogP contribution in [0.4, 0.5) is 11.6 Å². The number of carbonyl (C=O) groups is 1. The monoisotopic (exact) mass is 639 g/mol. The van der Waals surface area contributed by atoms with Crippen molar-refractivity contribution >= 4 is 40.2 Å². The Morgan fingerprint density at radius 2 is 1.87 bits per heavy atom. The van der Waals surface area contributed by atoms with Crippen LogP contribution in [0.3, 0.4) is 0 Å². The van der Waals surface area contributed by atoms with E-state index in [0.29, 0.717) is 46.4 Å². The molecule has 0 aliphatic carbocycles. The van der Waals surface area contributed by atoms with E-state index >= 15 is 0 Å². The third-order valence-corrected chi connectivity index (χ3v) is 8.07. The summed E-state index contributed by atoms with van der Waals surface area (Å²) in [6, 6.07) is 18.5. The number of nitrogens with one attached hydrogen (secondary N) is 2. The van der Waals surface area contributed by atoms with Crippen LogP contribution in [0.2, 0.25) is 5.02 Å². The van der Waals surface area contributed by atoms with E-state index in [0.717, 1.165) is 50.0 Å². The minimum Gasteiger partial charge on any atom is -0.354 e. The second-order valence-electron chi connectivity index (χ2n) is 11.5. The number of carbonyl (C=O) groups excluding carboxylic acids is 1. The van der Waals surface area contributed by atoms with E-state index in [1.54, 1.807) is 35.0 Å². The lowest BCUT2D eigenvalue weighted by Crippen LogP contribution is -2.25. The van der Waals surface area contributed by atoms with Crippen LogP contribution in [-0.2, 0) is 17.8 Å². The van der Waals surface area contributed by atoms with Crippen LogP contribution < -0.4 is 16.2 Å². The Bertz CT molecular complexity index is 1790. The van der Waals surface area contributed by atoms with Gasteiger partial charge in [0.15, 0.2) is 0 Å². The van der Waals surface area contributed by atoms with E-state index in [-0.39, 0.29) is 17.1 Å². The van der Waals surface area contributed by atoms with E-state index in [9.17, 15) is 14.9 Å². The number of pyridine rings is 1. The molecule has 4 aromatic rings. The third-order valence-electron chi connectivity index (χ3n) is 7.74. The highest BCUT2D eigenvalue weighted by molar-refractivity contribution is 6.33. The van der Waals surface area contributed by atoms with Gasteiger partial charge in [-0.15, -0.1) is 0 Å². The molecule has 0 radical (unpaired) electrons. The first-order chi connectivity index (χ1) is 22.2. The van der Waals surface area contributed by atoms with Gasteiger partial charge in [-0.2, -0.15) is 10.2 Å². The zero-order chi connectivity index (χ0) is 33.1. The van der Waals surface area contributed by atoms with E-state index in [1.807, 2.05) is 56.3 Å². The minimum atomic E-state index is -0.451. The number of benzene rings is 2. The molecule has 9 nitrogen and oxygen atoms in total. The largest absolute Gasteiger partial charge is 0.354 e. The first-order valence-electron chi connectivity index (χ1n) is 15.9. The molecule has 0 aliphatic heterocycles. The number of rotatable bonds is 15. The number of nitriles is 1. The van der Waals surface area contributed by atoms with E-state index in [1.165, 1.54) is 0 Å². The maximum atomic E-state index is 14.0. The summed E-state index contributed by atoms with van der Waals surface area (Å²) in [6.45, 7) is 12.4. The molecule has 0 atom stereocenters. The Labute approximate surface area is 275 Å². The summed E-state index contributed by atoms with van der Waals surface area (Å²) in [4.78, 5) is 38.4. The molecule has 0 aliphatic rings. The lowest BCUT2D eigenvalue weighted by Gasteiger charge is -2.17. The molecule has 10 heteroatoms. The molecule has 0 spiro atoms. The average Bonchev–Trinajstić information content (AvgIpc) is 3.05. The van der Waals surface area contributed by atoms with Crippen molar-refractivity contribution in [1.82, 2.24) is 19.4 Å². The zero-order valence-corrected chi connectivity index (χ0v) is 27.8. The number of halogens is 1. The van der Waals surface area contributed by atoms with Crippen molar-refractivity contribution in [1.29, 1.82) is 5.26 Å². The number of amides is 1. The molecule has 0 saturated carbocycles. The summed E-state index contributed by atoms with van der Waals surface area (Å²) in [5.41, 5.74) is 3.00. The van der Waals surface area contributed by atoms with Crippen LogP contribution in [0, 0.1) is 17.2 Å². The average molecular weight is 640 g/mol. The van der Waals surface area contributed by atoms with Crippen molar-refractivity contribution in [3.63, 3.8) is 0 Å². The molecule has 2 N–H and O–H groups in total. The minimum absolute atomic E-state index is 0.0680. The van der Waals surface area contributed by atoms with Gasteiger partial charge in [0.1, 0.15) is 17.3 Å². The van der Waals surface area contributed by atoms with Crippen LogP contribution in [0.25, 0.3) is 22.2 Å². The number of allylic oxidation sites excluding steroid dienone is 1. The van der Waals surface area contributed by atoms with Crippen molar-refractivity contribution in [2.45, 2.75) is 53.5 Å². The lowest BCUT2D eigenvalue weighted by atomic mass is 10.1. The molecule has 0 fully saturated rings. The maximum Gasteiger partial charge on any atom is 0.265 e. The summed E-state index contributed by atoms with van der Waals surface area (Å²) in [5, 5.41) is 16.8. The van der Waals surface area contributed by atoms with Crippen LogP contribution in [0.1, 0.15) is 46.1 Å². The number of hydrogen-bond acceptors (Lipinski definition) is 7. The van der Waals surface area contributed by atoms with Crippen LogP contribution >= 0.6 is 11.6 Å². The van der Waals surface area contributed by atoms with E-state index in [2.05, 4.69) is 34.4 Å².